The van der Waals surface area contributed by atoms with Crippen molar-refractivity contribution in [2.45, 2.75) is 38.1 Å². The van der Waals surface area contributed by atoms with E-state index in [1.807, 2.05) is 31.2 Å². The van der Waals surface area contributed by atoms with E-state index < -0.39 is 0 Å². The zero-order chi connectivity index (χ0) is 18.2. The maximum absolute atomic E-state index is 12.2. The highest BCUT2D eigenvalue weighted by Crippen LogP contribution is 2.28. The largest absolute Gasteiger partial charge is 0.496 e. The zero-order valence-corrected chi connectivity index (χ0v) is 16.2. The topological polar surface area (TPSA) is 38.3 Å². The third-order valence-corrected chi connectivity index (χ3v) is 4.98. The highest BCUT2D eigenvalue weighted by molar-refractivity contribution is 8.00. The lowest BCUT2D eigenvalue weighted by Gasteiger charge is -2.15. The minimum Gasteiger partial charge on any atom is -0.496 e. The molecule has 0 radical (unpaired) electrons. The molecular formula is C21H27NO2S. The fraction of sp³-hybridized carbons (Fsp3) is 0.381. The number of amides is 1. The van der Waals surface area contributed by atoms with Crippen molar-refractivity contribution in [2.75, 3.05) is 12.9 Å². The summed E-state index contributed by atoms with van der Waals surface area (Å²) in [4.78, 5) is 13.2. The van der Waals surface area contributed by atoms with Gasteiger partial charge in [0.05, 0.1) is 18.9 Å². The number of thioether (sulfide) groups is 1. The van der Waals surface area contributed by atoms with Gasteiger partial charge in [0.15, 0.2) is 0 Å². The van der Waals surface area contributed by atoms with Gasteiger partial charge in [-0.3, -0.25) is 4.79 Å². The Morgan fingerprint density at radius 2 is 1.76 bits per heavy atom. The minimum atomic E-state index is -0.00105. The number of carbonyl (C=O) groups is 1. The zero-order valence-electron chi connectivity index (χ0n) is 15.4. The maximum atomic E-state index is 12.2. The van der Waals surface area contributed by atoms with E-state index in [2.05, 4.69) is 43.4 Å². The first kappa shape index (κ1) is 19.4. The molecule has 0 saturated carbocycles. The third kappa shape index (κ3) is 6.13. The van der Waals surface area contributed by atoms with Crippen LogP contribution in [0.2, 0.25) is 0 Å². The van der Waals surface area contributed by atoms with Gasteiger partial charge >= 0.3 is 0 Å². The van der Waals surface area contributed by atoms with E-state index in [0.717, 1.165) is 22.6 Å². The highest BCUT2D eigenvalue weighted by Gasteiger charge is 2.11. The summed E-state index contributed by atoms with van der Waals surface area (Å²) in [6, 6.07) is 16.3. The van der Waals surface area contributed by atoms with Crippen molar-refractivity contribution >= 4 is 17.7 Å². The van der Waals surface area contributed by atoms with Gasteiger partial charge in [0.2, 0.25) is 5.91 Å². The lowest BCUT2D eigenvalue weighted by atomic mass is 10.00. The van der Waals surface area contributed by atoms with Crippen LogP contribution in [-0.4, -0.2) is 18.8 Å². The molecule has 2 aromatic carbocycles. The molecule has 0 aromatic heterocycles. The smallest absolute Gasteiger partial charge is 0.230 e. The predicted octanol–water partition coefficient (Wildman–Crippen LogP) is 4.86. The Hall–Kier alpha value is -1.94. The summed E-state index contributed by atoms with van der Waals surface area (Å²) in [5.41, 5.74) is 2.46. The van der Waals surface area contributed by atoms with Crippen molar-refractivity contribution in [3.63, 3.8) is 0 Å². The maximum Gasteiger partial charge on any atom is 0.230 e. The molecule has 2 rings (SSSR count). The highest BCUT2D eigenvalue weighted by atomic mass is 32.2. The van der Waals surface area contributed by atoms with Gasteiger partial charge in [-0.15, -0.1) is 11.8 Å². The molecule has 0 aliphatic carbocycles. The number of hydrogen-bond donors (Lipinski definition) is 1. The van der Waals surface area contributed by atoms with E-state index in [9.17, 15) is 4.79 Å². The summed E-state index contributed by atoms with van der Waals surface area (Å²) in [6.07, 6.45) is 1.08. The molecular weight excluding hydrogens is 330 g/mol. The minimum absolute atomic E-state index is 0.00105. The van der Waals surface area contributed by atoms with Gasteiger partial charge in [-0.1, -0.05) is 50.2 Å². The number of methoxy groups -OCH3 is 1. The number of hydrogen-bond acceptors (Lipinski definition) is 3. The quantitative estimate of drug-likeness (QED) is 0.686. The van der Waals surface area contributed by atoms with Crippen molar-refractivity contribution in [1.29, 1.82) is 0 Å². The average Bonchev–Trinajstić information content (AvgIpc) is 2.60. The monoisotopic (exact) mass is 357 g/mol. The fourth-order valence-electron chi connectivity index (χ4n) is 2.66. The summed E-state index contributed by atoms with van der Waals surface area (Å²) in [7, 11) is 1.64. The van der Waals surface area contributed by atoms with Gasteiger partial charge < -0.3 is 10.1 Å². The number of ether oxygens (including phenoxy) is 1. The van der Waals surface area contributed by atoms with Crippen LogP contribution in [0.4, 0.5) is 0 Å². The predicted molar refractivity (Wildman–Crippen MR) is 105 cm³/mol. The Morgan fingerprint density at radius 1 is 1.08 bits per heavy atom. The van der Waals surface area contributed by atoms with Crippen LogP contribution >= 0.6 is 11.8 Å². The van der Waals surface area contributed by atoms with Crippen LogP contribution in [0.15, 0.2) is 53.4 Å². The molecule has 1 amide bonds. The molecule has 0 bridgehead atoms. The van der Waals surface area contributed by atoms with Crippen LogP contribution in [-0.2, 0) is 11.2 Å². The van der Waals surface area contributed by atoms with E-state index in [1.54, 1.807) is 7.11 Å². The van der Waals surface area contributed by atoms with Gasteiger partial charge in [0, 0.05) is 4.90 Å². The van der Waals surface area contributed by atoms with Crippen molar-refractivity contribution in [3.8, 4) is 5.75 Å². The van der Waals surface area contributed by atoms with Crippen LogP contribution < -0.4 is 10.1 Å². The van der Waals surface area contributed by atoms with E-state index in [4.69, 9.17) is 4.74 Å². The molecule has 3 nitrogen and oxygen atoms in total. The van der Waals surface area contributed by atoms with Gasteiger partial charge in [-0.2, -0.15) is 0 Å². The normalized spacial score (nSPS) is 12.0. The molecule has 0 spiro atoms. The molecule has 1 atom stereocenters. The second-order valence-corrected chi connectivity index (χ2v) is 7.59. The molecule has 0 aliphatic heterocycles. The summed E-state index contributed by atoms with van der Waals surface area (Å²) in [5.74, 6) is 1.84. The second kappa shape index (κ2) is 9.52. The van der Waals surface area contributed by atoms with Crippen molar-refractivity contribution in [1.82, 2.24) is 5.32 Å². The SMILES string of the molecule is COc1ccccc1SCC(=O)NC(C)c1ccc(CC(C)C)cc1. The molecule has 4 heteroatoms. The Morgan fingerprint density at radius 3 is 2.40 bits per heavy atom. The van der Waals surface area contributed by atoms with Crippen LogP contribution in [0.5, 0.6) is 5.75 Å². The van der Waals surface area contributed by atoms with Crippen LogP contribution in [0.3, 0.4) is 0 Å². The van der Waals surface area contributed by atoms with Gasteiger partial charge in [0.1, 0.15) is 5.75 Å². The number of nitrogens with one attached hydrogen (secondary N) is 1. The summed E-state index contributed by atoms with van der Waals surface area (Å²) >= 11 is 1.49. The molecule has 0 aliphatic rings. The average molecular weight is 358 g/mol. The third-order valence-electron chi connectivity index (χ3n) is 3.93. The van der Waals surface area contributed by atoms with E-state index >= 15 is 0 Å². The van der Waals surface area contributed by atoms with Crippen LogP contribution in [0.25, 0.3) is 0 Å². The van der Waals surface area contributed by atoms with Crippen LogP contribution in [0.1, 0.15) is 37.9 Å². The second-order valence-electron chi connectivity index (χ2n) is 6.57. The Labute approximate surface area is 155 Å². The molecule has 1 N–H and O–H groups in total. The van der Waals surface area contributed by atoms with Crippen molar-refractivity contribution in [3.05, 3.63) is 59.7 Å². The summed E-state index contributed by atoms with van der Waals surface area (Å²) in [6.45, 7) is 6.45. The first-order valence-corrected chi connectivity index (χ1v) is 9.62. The van der Waals surface area contributed by atoms with Gasteiger partial charge in [-0.25, -0.2) is 0 Å². The number of benzene rings is 2. The molecule has 1 unspecified atom stereocenters. The molecule has 134 valence electrons. The molecule has 25 heavy (non-hydrogen) atoms. The van der Waals surface area contributed by atoms with E-state index in [1.165, 1.54) is 17.3 Å². The first-order valence-electron chi connectivity index (χ1n) is 8.63. The summed E-state index contributed by atoms with van der Waals surface area (Å²) in [5, 5.41) is 3.06. The lowest BCUT2D eigenvalue weighted by Crippen LogP contribution is -2.28. The molecule has 0 heterocycles. The van der Waals surface area contributed by atoms with Gasteiger partial charge in [0.25, 0.3) is 0 Å². The standard InChI is InChI=1S/C21H27NO2S/c1-15(2)13-17-9-11-18(12-10-17)16(3)22-21(23)14-25-20-8-6-5-7-19(20)24-4/h5-12,15-16H,13-14H2,1-4H3,(H,22,23). The first-order chi connectivity index (χ1) is 12.0. The van der Waals surface area contributed by atoms with Crippen LogP contribution in [0, 0.1) is 5.92 Å². The van der Waals surface area contributed by atoms with E-state index in [0.29, 0.717) is 11.7 Å². The summed E-state index contributed by atoms with van der Waals surface area (Å²) < 4.78 is 5.31. The fourth-order valence-corrected chi connectivity index (χ4v) is 3.50. The Kier molecular flexibility index (Phi) is 7.38. The molecule has 2 aromatic rings. The van der Waals surface area contributed by atoms with Crippen molar-refractivity contribution < 1.29 is 9.53 Å². The van der Waals surface area contributed by atoms with Gasteiger partial charge in [-0.05, 0) is 42.5 Å². The number of carbonyl (C=O) groups excluding carboxylic acids is 1. The molecule has 0 saturated heterocycles. The van der Waals surface area contributed by atoms with Crippen molar-refractivity contribution in [2.24, 2.45) is 5.92 Å². The Balaban J connectivity index is 1.87. The van der Waals surface area contributed by atoms with E-state index in [-0.39, 0.29) is 11.9 Å². The Bertz CT molecular complexity index is 683. The number of rotatable bonds is 8. The molecule has 0 fully saturated rings. The number of para-hydroxylation sites is 1. The lowest BCUT2D eigenvalue weighted by molar-refractivity contribution is -0.119.